The summed E-state index contributed by atoms with van der Waals surface area (Å²) in [5.74, 6) is 0. The van der Waals surface area contributed by atoms with Crippen LogP contribution in [0.3, 0.4) is 0 Å². The second-order valence-corrected chi connectivity index (χ2v) is 4.02. The van der Waals surface area contributed by atoms with Crippen LogP contribution in [0.25, 0.3) is 0 Å². The minimum atomic E-state index is 0.405. The summed E-state index contributed by atoms with van der Waals surface area (Å²) in [5, 5.41) is 3.41. The topological polar surface area (TPSA) is 18.5 Å². The third-order valence-electron chi connectivity index (χ3n) is 2.91. The van der Waals surface area contributed by atoms with Crippen LogP contribution >= 0.6 is 0 Å². The van der Waals surface area contributed by atoms with E-state index in [2.05, 4.69) is 46.6 Å². The van der Waals surface area contributed by atoms with Crippen LogP contribution in [0.4, 0.5) is 0 Å². The van der Waals surface area contributed by atoms with Gasteiger partial charge in [-0.05, 0) is 19.7 Å². The van der Waals surface area contributed by atoms with Crippen LogP contribution in [0.15, 0.2) is 24.4 Å². The minimum Gasteiger partial charge on any atom is -0.373 e. The average Bonchev–Trinajstić information content (AvgIpc) is 2.61. The third-order valence-corrected chi connectivity index (χ3v) is 2.91. The molecule has 2 aliphatic rings. The lowest BCUT2D eigenvalue weighted by Crippen LogP contribution is -2.52. The Morgan fingerprint density at radius 2 is 1.75 bits per heavy atom. The van der Waals surface area contributed by atoms with Crippen LogP contribution in [-0.2, 0) is 0 Å². The predicted molar refractivity (Wildman–Crippen MR) is 70.2 cm³/mol. The Kier molecular flexibility index (Phi) is 6.19. The first-order valence-electron chi connectivity index (χ1n) is 6.36. The van der Waals surface area contributed by atoms with Crippen molar-refractivity contribution in [2.24, 2.45) is 0 Å². The van der Waals surface area contributed by atoms with Gasteiger partial charge in [-0.3, -0.25) is 4.90 Å². The monoisotopic (exact) mass is 223 g/mol. The number of nitrogens with one attached hydrogen (secondary N) is 1. The first-order valence-corrected chi connectivity index (χ1v) is 6.36. The van der Waals surface area contributed by atoms with Crippen molar-refractivity contribution in [1.82, 2.24) is 15.1 Å². The maximum absolute atomic E-state index is 3.41. The second-order valence-electron chi connectivity index (χ2n) is 4.02. The highest BCUT2D eigenvalue weighted by atomic mass is 15.3. The van der Waals surface area contributed by atoms with Crippen LogP contribution < -0.4 is 5.32 Å². The summed E-state index contributed by atoms with van der Waals surface area (Å²) >= 11 is 0. The second kappa shape index (κ2) is 7.47. The Bertz CT molecular complexity index is 227. The first kappa shape index (κ1) is 13.3. The molecule has 1 unspecified atom stereocenters. The van der Waals surface area contributed by atoms with E-state index in [4.69, 9.17) is 0 Å². The van der Waals surface area contributed by atoms with E-state index >= 15 is 0 Å². The normalized spacial score (nSPS) is 26.6. The van der Waals surface area contributed by atoms with Gasteiger partial charge in [0.2, 0.25) is 0 Å². The van der Waals surface area contributed by atoms with Gasteiger partial charge >= 0.3 is 0 Å². The van der Waals surface area contributed by atoms with Gasteiger partial charge in [-0.15, -0.1) is 0 Å². The molecular weight excluding hydrogens is 198 g/mol. The van der Waals surface area contributed by atoms with Gasteiger partial charge in [0, 0.05) is 26.2 Å². The van der Waals surface area contributed by atoms with Crippen molar-refractivity contribution in [3.8, 4) is 0 Å². The number of rotatable bonds is 1. The molecule has 2 rings (SSSR count). The Hall–Kier alpha value is -0.800. The van der Waals surface area contributed by atoms with E-state index < -0.39 is 0 Å². The minimum absolute atomic E-state index is 0.405. The molecule has 1 fully saturated rings. The van der Waals surface area contributed by atoms with E-state index in [1.54, 1.807) is 0 Å². The number of hydrogen-bond donors (Lipinski definition) is 1. The molecule has 92 valence electrons. The smallest absolute Gasteiger partial charge is 0.0982 e. The molecule has 2 heterocycles. The fourth-order valence-corrected chi connectivity index (χ4v) is 1.90. The molecule has 1 atom stereocenters. The number of piperazine rings is 1. The van der Waals surface area contributed by atoms with Gasteiger partial charge in [0.25, 0.3) is 0 Å². The fourth-order valence-electron chi connectivity index (χ4n) is 1.90. The molecule has 0 amide bonds. The van der Waals surface area contributed by atoms with Crippen molar-refractivity contribution in [2.45, 2.75) is 26.4 Å². The van der Waals surface area contributed by atoms with Gasteiger partial charge in [0.15, 0.2) is 0 Å². The highest BCUT2D eigenvalue weighted by Crippen LogP contribution is 2.06. The van der Waals surface area contributed by atoms with Gasteiger partial charge in [-0.25, -0.2) is 0 Å². The molecule has 16 heavy (non-hydrogen) atoms. The predicted octanol–water partition coefficient (Wildman–Crippen LogP) is 1.65. The molecule has 1 N–H and O–H groups in total. The van der Waals surface area contributed by atoms with Crippen molar-refractivity contribution >= 4 is 0 Å². The largest absolute Gasteiger partial charge is 0.373 e. The highest BCUT2D eigenvalue weighted by Gasteiger charge is 2.19. The van der Waals surface area contributed by atoms with E-state index in [0.29, 0.717) is 6.17 Å². The molecule has 0 saturated carbocycles. The van der Waals surface area contributed by atoms with Crippen LogP contribution in [0.2, 0.25) is 0 Å². The van der Waals surface area contributed by atoms with Gasteiger partial charge in [-0.2, -0.15) is 0 Å². The van der Waals surface area contributed by atoms with Crippen LogP contribution in [0, 0.1) is 0 Å². The molecule has 0 aromatic heterocycles. The lowest BCUT2D eigenvalue weighted by Gasteiger charge is -2.36. The standard InChI is InChI=1S/C11H19N3.C2H6/c1-13-7-9-14(10-8-13)11-5-3-2-4-6-12-11;1-2/h3-6,11-12H,2,7-10H2,1H3;1-2H3. The Balaban J connectivity index is 0.000000606. The van der Waals surface area contributed by atoms with E-state index in [1.807, 2.05) is 13.8 Å². The van der Waals surface area contributed by atoms with Crippen molar-refractivity contribution in [3.63, 3.8) is 0 Å². The summed E-state index contributed by atoms with van der Waals surface area (Å²) in [6, 6.07) is 0. The van der Waals surface area contributed by atoms with Crippen molar-refractivity contribution in [2.75, 3.05) is 33.2 Å². The zero-order valence-corrected chi connectivity index (χ0v) is 10.8. The van der Waals surface area contributed by atoms with Gasteiger partial charge in [-0.1, -0.05) is 32.1 Å². The van der Waals surface area contributed by atoms with E-state index in [-0.39, 0.29) is 0 Å². The molecule has 3 heteroatoms. The SMILES string of the molecule is CC.CN1CCN(C2C=CCC=CN2)CC1. The van der Waals surface area contributed by atoms with Crippen LogP contribution in [-0.4, -0.2) is 49.2 Å². The summed E-state index contributed by atoms with van der Waals surface area (Å²) in [7, 11) is 2.19. The zero-order valence-electron chi connectivity index (χ0n) is 10.8. The Morgan fingerprint density at radius 1 is 1.06 bits per heavy atom. The van der Waals surface area contributed by atoms with Gasteiger partial charge in [0.1, 0.15) is 0 Å². The average molecular weight is 223 g/mol. The van der Waals surface area contributed by atoms with Crippen LogP contribution in [0.1, 0.15) is 20.3 Å². The molecule has 1 saturated heterocycles. The lowest BCUT2D eigenvalue weighted by molar-refractivity contribution is 0.122. The molecule has 0 spiro atoms. The van der Waals surface area contributed by atoms with Crippen LogP contribution in [0.5, 0.6) is 0 Å². The van der Waals surface area contributed by atoms with E-state index in [9.17, 15) is 0 Å². The maximum atomic E-state index is 3.41. The summed E-state index contributed by atoms with van der Waals surface area (Å²) in [4.78, 5) is 4.87. The van der Waals surface area contributed by atoms with Crippen molar-refractivity contribution in [1.29, 1.82) is 0 Å². The molecule has 0 aromatic carbocycles. The van der Waals surface area contributed by atoms with E-state index in [0.717, 1.165) is 19.5 Å². The number of nitrogens with zero attached hydrogens (tertiary/aromatic N) is 2. The molecular formula is C13H25N3. The zero-order chi connectivity index (χ0) is 11.8. The fraction of sp³-hybridized carbons (Fsp3) is 0.692. The highest BCUT2D eigenvalue weighted by molar-refractivity contribution is 5.04. The molecule has 0 radical (unpaired) electrons. The molecule has 0 aliphatic carbocycles. The number of allylic oxidation sites excluding steroid dienone is 2. The maximum Gasteiger partial charge on any atom is 0.0982 e. The summed E-state index contributed by atoms with van der Waals surface area (Å²) in [5.41, 5.74) is 0. The molecule has 0 bridgehead atoms. The molecule has 0 aromatic rings. The lowest BCUT2D eigenvalue weighted by atomic mass is 10.3. The number of likely N-dealkylation sites (N-methyl/N-ethyl adjacent to an activating group) is 1. The van der Waals surface area contributed by atoms with Crippen molar-refractivity contribution in [3.05, 3.63) is 24.4 Å². The molecule has 2 aliphatic heterocycles. The van der Waals surface area contributed by atoms with E-state index in [1.165, 1.54) is 13.1 Å². The number of hydrogen-bond acceptors (Lipinski definition) is 3. The van der Waals surface area contributed by atoms with Gasteiger partial charge in [0.05, 0.1) is 6.17 Å². The summed E-state index contributed by atoms with van der Waals surface area (Å²) < 4.78 is 0. The Morgan fingerprint density at radius 3 is 2.44 bits per heavy atom. The van der Waals surface area contributed by atoms with Crippen molar-refractivity contribution < 1.29 is 0 Å². The molecule has 3 nitrogen and oxygen atoms in total. The third kappa shape index (κ3) is 3.99. The van der Waals surface area contributed by atoms with Gasteiger partial charge < -0.3 is 10.2 Å². The quantitative estimate of drug-likeness (QED) is 0.682. The Labute approximate surface area is 99.8 Å². The summed E-state index contributed by atoms with van der Waals surface area (Å²) in [6.45, 7) is 8.67. The first-order chi connectivity index (χ1) is 7.86. The summed E-state index contributed by atoms with van der Waals surface area (Å²) in [6.07, 6.45) is 10.2.